The van der Waals surface area contributed by atoms with E-state index in [9.17, 15) is 0 Å². The van der Waals surface area contributed by atoms with Gasteiger partial charge in [0.1, 0.15) is 5.71 Å². The van der Waals surface area contributed by atoms with Gasteiger partial charge in [-0.2, -0.15) is 5.10 Å². The third-order valence-electron chi connectivity index (χ3n) is 4.29. The van der Waals surface area contributed by atoms with E-state index in [1.807, 2.05) is 12.1 Å². The maximum atomic E-state index is 7.68. The van der Waals surface area contributed by atoms with Crippen molar-refractivity contribution in [1.82, 2.24) is 10.2 Å². The van der Waals surface area contributed by atoms with Gasteiger partial charge in [0.15, 0.2) is 5.82 Å². The van der Waals surface area contributed by atoms with E-state index in [-0.39, 0.29) is 12.0 Å². The third-order valence-corrected chi connectivity index (χ3v) is 5.13. The fourth-order valence-corrected chi connectivity index (χ4v) is 3.52. The van der Waals surface area contributed by atoms with Gasteiger partial charge in [-0.1, -0.05) is 35.3 Å². The molecule has 22 heavy (non-hydrogen) atoms. The first kappa shape index (κ1) is 13.8. The van der Waals surface area contributed by atoms with Crippen molar-refractivity contribution in [3.05, 3.63) is 57.0 Å². The predicted molar refractivity (Wildman–Crippen MR) is 87.1 cm³/mol. The highest BCUT2D eigenvalue weighted by atomic mass is 35.5. The first-order valence-electron chi connectivity index (χ1n) is 7.13. The van der Waals surface area contributed by atoms with Crippen LogP contribution in [0.15, 0.2) is 29.4 Å². The summed E-state index contributed by atoms with van der Waals surface area (Å²) in [6.45, 7) is 7.68. The molecule has 1 aromatic carbocycles. The highest BCUT2D eigenvalue weighted by molar-refractivity contribution is 6.42. The molecule has 0 amide bonds. The van der Waals surface area contributed by atoms with Crippen molar-refractivity contribution in [2.75, 3.05) is 0 Å². The molecule has 0 saturated heterocycles. The molecule has 1 aliphatic carbocycles. The van der Waals surface area contributed by atoms with E-state index in [1.54, 1.807) is 12.3 Å². The van der Waals surface area contributed by atoms with Crippen LogP contribution in [0.4, 0.5) is 5.82 Å². The van der Waals surface area contributed by atoms with E-state index in [2.05, 4.69) is 20.0 Å². The van der Waals surface area contributed by atoms with Gasteiger partial charge in [0.2, 0.25) is 0 Å². The Morgan fingerprint density at radius 1 is 1.23 bits per heavy atom. The predicted octanol–water partition coefficient (Wildman–Crippen LogP) is 4.63. The highest BCUT2D eigenvalue weighted by Crippen LogP contribution is 2.47. The summed E-state index contributed by atoms with van der Waals surface area (Å²) in [5.74, 6) is 0.976. The third kappa shape index (κ3) is 2.05. The Balaban J connectivity index is 1.92. The van der Waals surface area contributed by atoms with E-state index in [1.165, 1.54) is 0 Å². The van der Waals surface area contributed by atoms with Gasteiger partial charge >= 0.3 is 0 Å². The summed E-state index contributed by atoms with van der Waals surface area (Å²) in [4.78, 5) is 8.53. The lowest BCUT2D eigenvalue weighted by Gasteiger charge is -2.24. The van der Waals surface area contributed by atoms with Gasteiger partial charge in [-0.05, 0) is 24.5 Å². The Labute approximate surface area is 138 Å². The number of hydrogen-bond donors (Lipinski definition) is 1. The zero-order chi connectivity index (χ0) is 15.3. The maximum Gasteiger partial charge on any atom is 0.272 e. The van der Waals surface area contributed by atoms with Crippen molar-refractivity contribution in [2.45, 2.75) is 24.8 Å². The van der Waals surface area contributed by atoms with E-state index in [0.29, 0.717) is 16.0 Å². The van der Waals surface area contributed by atoms with Crippen LogP contribution in [0.3, 0.4) is 0 Å². The second-order valence-electron chi connectivity index (χ2n) is 5.68. The van der Waals surface area contributed by atoms with E-state index >= 15 is 0 Å². The molecule has 110 valence electrons. The number of fused-ring (bicyclic) bond motifs is 1. The second kappa shape index (κ2) is 5.12. The zero-order valence-corrected chi connectivity index (χ0v) is 13.1. The Hall–Kier alpha value is -1.83. The summed E-state index contributed by atoms with van der Waals surface area (Å²) in [6, 6.07) is 5.22. The molecule has 1 aliphatic heterocycles. The summed E-state index contributed by atoms with van der Waals surface area (Å²) in [5.41, 5.74) is 2.73. The molecule has 6 heteroatoms. The smallest absolute Gasteiger partial charge is 0.272 e. The fourth-order valence-electron chi connectivity index (χ4n) is 3.09. The first-order chi connectivity index (χ1) is 10.7. The molecule has 4 rings (SSSR count). The van der Waals surface area contributed by atoms with Crippen LogP contribution in [-0.4, -0.2) is 22.0 Å². The molecule has 1 aromatic heterocycles. The second-order valence-corrected chi connectivity index (χ2v) is 6.46. The van der Waals surface area contributed by atoms with Crippen LogP contribution in [0.2, 0.25) is 10.0 Å². The largest absolute Gasteiger partial charge is 0.306 e. The first-order valence-corrected chi connectivity index (χ1v) is 7.88. The van der Waals surface area contributed by atoms with Gasteiger partial charge in [0.05, 0.1) is 22.2 Å². The Morgan fingerprint density at radius 3 is 2.77 bits per heavy atom. The number of nitrogens with zero attached hydrogens (tertiary/aromatic N) is 3. The number of hydrogen-bond acceptors (Lipinski definition) is 2. The van der Waals surface area contributed by atoms with Gasteiger partial charge in [-0.25, -0.2) is 11.6 Å². The molecule has 0 spiro atoms. The van der Waals surface area contributed by atoms with Gasteiger partial charge in [0, 0.05) is 11.5 Å². The molecule has 2 atom stereocenters. The molecule has 1 N–H and O–H groups in total. The molecule has 1 saturated carbocycles. The minimum absolute atomic E-state index is 0.175. The molecular formula is C16H12Cl2N4. The average molecular weight is 331 g/mol. The van der Waals surface area contributed by atoms with Crippen molar-refractivity contribution in [2.24, 2.45) is 10.9 Å². The SMILES string of the molecule is [C-]#[N+]C1C(C2CC2)=Nc2[nH]ncc2C1c1cccc(Cl)c1Cl. The summed E-state index contributed by atoms with van der Waals surface area (Å²) in [7, 11) is 0. The number of aliphatic imine (C=N–C) groups is 1. The van der Waals surface area contributed by atoms with Crippen LogP contribution >= 0.6 is 23.2 Å². The van der Waals surface area contributed by atoms with Crippen LogP contribution in [0.1, 0.15) is 29.9 Å². The van der Waals surface area contributed by atoms with Crippen LogP contribution in [-0.2, 0) is 0 Å². The molecule has 1 fully saturated rings. The molecular weight excluding hydrogens is 319 g/mol. The number of halogens is 2. The van der Waals surface area contributed by atoms with Crippen molar-refractivity contribution in [3.8, 4) is 0 Å². The summed E-state index contributed by atoms with van der Waals surface area (Å²) >= 11 is 12.6. The molecule has 4 nitrogen and oxygen atoms in total. The molecule has 2 unspecified atom stereocenters. The van der Waals surface area contributed by atoms with E-state index in [4.69, 9.17) is 29.8 Å². The number of benzene rings is 1. The lowest BCUT2D eigenvalue weighted by atomic mass is 9.81. The quantitative estimate of drug-likeness (QED) is 0.801. The number of aromatic amines is 1. The molecule has 0 bridgehead atoms. The average Bonchev–Trinajstić information content (AvgIpc) is 3.26. The van der Waals surface area contributed by atoms with Crippen molar-refractivity contribution in [3.63, 3.8) is 0 Å². The Bertz CT molecular complexity index is 814. The number of nitrogens with one attached hydrogen (secondary N) is 1. The Kier molecular flexibility index (Phi) is 3.21. The standard InChI is InChI=1S/C16H12Cl2N4/c1-19-15-12(9-3-2-4-11(17)13(9)18)10-7-20-22-16(10)21-14(15)8-5-6-8/h2-4,7-8,12,15H,5-6H2,(H,20,22). The van der Waals surface area contributed by atoms with Crippen molar-refractivity contribution < 1.29 is 0 Å². The Morgan fingerprint density at radius 2 is 2.05 bits per heavy atom. The van der Waals surface area contributed by atoms with E-state index < -0.39 is 0 Å². The molecule has 2 aliphatic rings. The fraction of sp³-hybridized carbons (Fsp3) is 0.312. The summed E-state index contributed by atoms with van der Waals surface area (Å²) in [5, 5.41) is 8.05. The van der Waals surface area contributed by atoms with Gasteiger partial charge < -0.3 is 4.85 Å². The van der Waals surface area contributed by atoms with Gasteiger partial charge in [-0.3, -0.25) is 5.10 Å². The van der Waals surface area contributed by atoms with Crippen LogP contribution in [0.5, 0.6) is 0 Å². The minimum Gasteiger partial charge on any atom is -0.306 e. The number of rotatable bonds is 2. The normalized spacial score (nSPS) is 23.6. The van der Waals surface area contributed by atoms with Gasteiger partial charge in [0.25, 0.3) is 6.04 Å². The maximum absolute atomic E-state index is 7.68. The lowest BCUT2D eigenvalue weighted by Crippen LogP contribution is -2.30. The van der Waals surface area contributed by atoms with Crippen LogP contribution in [0, 0.1) is 12.5 Å². The monoisotopic (exact) mass is 330 g/mol. The van der Waals surface area contributed by atoms with Crippen LogP contribution in [0.25, 0.3) is 4.85 Å². The minimum atomic E-state index is -0.339. The lowest BCUT2D eigenvalue weighted by molar-refractivity contribution is 0.773. The number of aromatic nitrogens is 2. The number of H-pyrrole nitrogens is 1. The van der Waals surface area contributed by atoms with Crippen LogP contribution < -0.4 is 0 Å². The highest BCUT2D eigenvalue weighted by Gasteiger charge is 2.46. The summed E-state index contributed by atoms with van der Waals surface area (Å²) < 4.78 is 0. The molecule has 2 heterocycles. The summed E-state index contributed by atoms with van der Waals surface area (Å²) in [6.07, 6.45) is 3.94. The molecule has 2 aromatic rings. The zero-order valence-electron chi connectivity index (χ0n) is 11.6. The van der Waals surface area contributed by atoms with Gasteiger partial charge in [-0.15, -0.1) is 0 Å². The van der Waals surface area contributed by atoms with Crippen molar-refractivity contribution in [1.29, 1.82) is 0 Å². The van der Waals surface area contributed by atoms with E-state index in [0.717, 1.165) is 35.5 Å². The topological polar surface area (TPSA) is 45.4 Å². The van der Waals surface area contributed by atoms with Crippen molar-refractivity contribution >= 4 is 34.7 Å². The molecule has 0 radical (unpaired) electrons.